The number of amides is 1. The smallest absolute Gasteiger partial charge is 0.253 e. The Morgan fingerprint density at radius 1 is 1.37 bits per heavy atom. The lowest BCUT2D eigenvalue weighted by atomic mass is 9.85. The molecule has 0 bridgehead atoms. The van der Waals surface area contributed by atoms with Crippen LogP contribution in [0.5, 0.6) is 0 Å². The van der Waals surface area contributed by atoms with Crippen LogP contribution in [0.25, 0.3) is 0 Å². The van der Waals surface area contributed by atoms with Crippen molar-refractivity contribution in [3.05, 3.63) is 34.6 Å². The summed E-state index contributed by atoms with van der Waals surface area (Å²) in [6, 6.07) is 4.30. The van der Waals surface area contributed by atoms with Gasteiger partial charge in [0.15, 0.2) is 0 Å². The zero-order valence-corrected chi connectivity index (χ0v) is 12.0. The van der Waals surface area contributed by atoms with E-state index in [2.05, 4.69) is 5.32 Å². The molecular weight excluding hydrogens is 288 g/mol. The van der Waals surface area contributed by atoms with Gasteiger partial charge in [0.25, 0.3) is 5.91 Å². The number of carbonyl (C=O) groups is 1. The highest BCUT2D eigenvalue weighted by molar-refractivity contribution is 6.34. The standard InChI is InChI=1S/C14H16Cl2FNO/c15-8-9-4-1-2-7-12(9)18-14(19)10-5-3-6-11(17)13(10)16/h3,5-6,9,12H,1-2,4,7-8H2,(H,18,19). The molecule has 2 rings (SSSR count). The second-order valence-electron chi connectivity index (χ2n) is 4.88. The number of carbonyl (C=O) groups excluding carboxylic acids is 1. The Balaban J connectivity index is 2.09. The van der Waals surface area contributed by atoms with Gasteiger partial charge < -0.3 is 5.32 Å². The summed E-state index contributed by atoms with van der Waals surface area (Å²) < 4.78 is 13.3. The van der Waals surface area contributed by atoms with Crippen LogP contribution in [0, 0.1) is 11.7 Å². The van der Waals surface area contributed by atoms with Gasteiger partial charge in [-0.3, -0.25) is 4.79 Å². The maximum absolute atomic E-state index is 13.3. The van der Waals surface area contributed by atoms with Gasteiger partial charge in [0.1, 0.15) is 5.82 Å². The average molecular weight is 304 g/mol. The lowest BCUT2D eigenvalue weighted by Gasteiger charge is -2.30. The number of nitrogens with one attached hydrogen (secondary N) is 1. The molecule has 0 heterocycles. The normalized spacial score (nSPS) is 23.1. The number of halogens is 3. The van der Waals surface area contributed by atoms with Gasteiger partial charge in [-0.25, -0.2) is 4.39 Å². The van der Waals surface area contributed by atoms with Gasteiger partial charge >= 0.3 is 0 Å². The van der Waals surface area contributed by atoms with Gasteiger partial charge in [0.05, 0.1) is 10.6 Å². The lowest BCUT2D eigenvalue weighted by Crippen LogP contribution is -2.42. The zero-order chi connectivity index (χ0) is 13.8. The highest BCUT2D eigenvalue weighted by Crippen LogP contribution is 2.26. The van der Waals surface area contributed by atoms with Gasteiger partial charge in [-0.15, -0.1) is 11.6 Å². The fourth-order valence-corrected chi connectivity index (χ4v) is 3.09. The van der Waals surface area contributed by atoms with Crippen LogP contribution in [-0.2, 0) is 0 Å². The third-order valence-electron chi connectivity index (χ3n) is 3.62. The van der Waals surface area contributed by atoms with Crippen LogP contribution in [0.1, 0.15) is 36.0 Å². The van der Waals surface area contributed by atoms with Gasteiger partial charge in [0, 0.05) is 11.9 Å². The summed E-state index contributed by atoms with van der Waals surface area (Å²) in [6.07, 6.45) is 4.15. The van der Waals surface area contributed by atoms with E-state index in [4.69, 9.17) is 23.2 Å². The third-order valence-corrected chi connectivity index (χ3v) is 4.40. The van der Waals surface area contributed by atoms with Crippen LogP contribution in [0.4, 0.5) is 4.39 Å². The maximum Gasteiger partial charge on any atom is 0.253 e. The fourth-order valence-electron chi connectivity index (χ4n) is 2.51. The summed E-state index contributed by atoms with van der Waals surface area (Å²) in [7, 11) is 0. The molecule has 2 nitrogen and oxygen atoms in total. The van der Waals surface area contributed by atoms with E-state index in [1.165, 1.54) is 18.2 Å². The van der Waals surface area contributed by atoms with Crippen molar-refractivity contribution in [1.29, 1.82) is 0 Å². The zero-order valence-electron chi connectivity index (χ0n) is 10.5. The minimum Gasteiger partial charge on any atom is -0.349 e. The molecule has 104 valence electrons. The summed E-state index contributed by atoms with van der Waals surface area (Å²) >= 11 is 11.7. The number of benzene rings is 1. The molecule has 2 unspecified atom stereocenters. The highest BCUT2D eigenvalue weighted by atomic mass is 35.5. The predicted molar refractivity (Wildman–Crippen MR) is 75.3 cm³/mol. The second-order valence-corrected chi connectivity index (χ2v) is 5.57. The van der Waals surface area contributed by atoms with Crippen LogP contribution < -0.4 is 5.32 Å². The Morgan fingerprint density at radius 2 is 2.11 bits per heavy atom. The van der Waals surface area contributed by atoms with E-state index in [1.54, 1.807) is 0 Å². The number of alkyl halides is 1. The first-order valence-electron chi connectivity index (χ1n) is 6.44. The Bertz CT molecular complexity index is 467. The summed E-state index contributed by atoms with van der Waals surface area (Å²) in [5.74, 6) is -0.0907. The van der Waals surface area contributed by atoms with Crippen molar-refractivity contribution in [2.45, 2.75) is 31.7 Å². The molecule has 0 aliphatic heterocycles. The molecule has 0 saturated heterocycles. The molecule has 1 aromatic carbocycles. The van der Waals surface area contributed by atoms with E-state index < -0.39 is 5.82 Å². The molecule has 0 radical (unpaired) electrons. The maximum atomic E-state index is 13.3. The lowest BCUT2D eigenvalue weighted by molar-refractivity contribution is 0.0911. The van der Waals surface area contributed by atoms with E-state index in [9.17, 15) is 9.18 Å². The Hall–Kier alpha value is -0.800. The van der Waals surface area contributed by atoms with Crippen molar-refractivity contribution in [2.24, 2.45) is 5.92 Å². The van der Waals surface area contributed by atoms with Crippen molar-refractivity contribution in [2.75, 3.05) is 5.88 Å². The minimum atomic E-state index is -0.577. The van der Waals surface area contributed by atoms with Crippen LogP contribution in [0.3, 0.4) is 0 Å². The molecule has 1 aliphatic carbocycles. The van der Waals surface area contributed by atoms with Crippen LogP contribution in [0.15, 0.2) is 18.2 Å². The van der Waals surface area contributed by atoms with Crippen LogP contribution in [-0.4, -0.2) is 17.8 Å². The summed E-state index contributed by atoms with van der Waals surface area (Å²) in [4.78, 5) is 12.1. The molecule has 5 heteroatoms. The minimum absolute atomic E-state index is 0.0538. The molecular formula is C14H16Cl2FNO. The molecule has 0 spiro atoms. The van der Waals surface area contributed by atoms with Crippen molar-refractivity contribution >= 4 is 29.1 Å². The van der Waals surface area contributed by atoms with Crippen LogP contribution in [0.2, 0.25) is 5.02 Å². The third kappa shape index (κ3) is 3.40. The van der Waals surface area contributed by atoms with E-state index >= 15 is 0 Å². The molecule has 1 N–H and O–H groups in total. The molecule has 0 aromatic heterocycles. The van der Waals surface area contributed by atoms with Crippen molar-refractivity contribution < 1.29 is 9.18 Å². The SMILES string of the molecule is O=C(NC1CCCCC1CCl)c1cccc(F)c1Cl. The monoisotopic (exact) mass is 303 g/mol. The number of hydrogen-bond acceptors (Lipinski definition) is 1. The highest BCUT2D eigenvalue weighted by Gasteiger charge is 2.26. The van der Waals surface area contributed by atoms with E-state index in [0.29, 0.717) is 5.88 Å². The first-order chi connectivity index (χ1) is 9.13. The first-order valence-corrected chi connectivity index (χ1v) is 7.35. The number of hydrogen-bond donors (Lipinski definition) is 1. The van der Waals surface area contributed by atoms with Crippen molar-refractivity contribution in [3.63, 3.8) is 0 Å². The predicted octanol–water partition coefficient (Wildman–Crippen LogP) is 4.01. The second kappa shape index (κ2) is 6.58. The molecule has 1 saturated carbocycles. The Morgan fingerprint density at radius 3 is 2.84 bits per heavy atom. The number of rotatable bonds is 3. The first kappa shape index (κ1) is 14.6. The van der Waals surface area contributed by atoms with E-state index in [0.717, 1.165) is 25.7 Å². The molecule has 2 atom stereocenters. The van der Waals surface area contributed by atoms with Gasteiger partial charge in [-0.1, -0.05) is 30.5 Å². The molecule has 1 aromatic rings. The molecule has 19 heavy (non-hydrogen) atoms. The van der Waals surface area contributed by atoms with Crippen LogP contribution >= 0.6 is 23.2 Å². The Kier molecular flexibility index (Phi) is 5.06. The molecule has 1 aliphatic rings. The quantitative estimate of drug-likeness (QED) is 0.840. The average Bonchev–Trinajstić information content (AvgIpc) is 2.42. The summed E-state index contributed by atoms with van der Waals surface area (Å²) in [5, 5.41) is 2.80. The van der Waals surface area contributed by atoms with E-state index in [-0.39, 0.29) is 28.5 Å². The summed E-state index contributed by atoms with van der Waals surface area (Å²) in [5.41, 5.74) is 0.181. The van der Waals surface area contributed by atoms with E-state index in [1.807, 2.05) is 0 Å². The Labute approximate surface area is 122 Å². The van der Waals surface area contributed by atoms with Crippen molar-refractivity contribution in [1.82, 2.24) is 5.32 Å². The molecule has 1 amide bonds. The summed E-state index contributed by atoms with van der Waals surface area (Å²) in [6.45, 7) is 0. The molecule has 1 fully saturated rings. The fraction of sp³-hybridized carbons (Fsp3) is 0.500. The van der Waals surface area contributed by atoms with Crippen molar-refractivity contribution in [3.8, 4) is 0 Å². The largest absolute Gasteiger partial charge is 0.349 e. The topological polar surface area (TPSA) is 29.1 Å². The van der Waals surface area contributed by atoms with Gasteiger partial charge in [0.2, 0.25) is 0 Å². The van der Waals surface area contributed by atoms with Gasteiger partial charge in [-0.05, 0) is 30.9 Å². The van der Waals surface area contributed by atoms with Gasteiger partial charge in [-0.2, -0.15) is 0 Å².